The summed E-state index contributed by atoms with van der Waals surface area (Å²) in [5.74, 6) is -0.946. The van der Waals surface area contributed by atoms with Crippen LogP contribution < -0.4 is 4.90 Å². The number of sulfonamides is 1. The number of hydrogen-bond acceptors (Lipinski definition) is 6. The van der Waals surface area contributed by atoms with E-state index in [1.807, 2.05) is 36.4 Å². The van der Waals surface area contributed by atoms with Gasteiger partial charge in [-0.15, -0.1) is 0 Å². The topological polar surface area (TPSA) is 83.5 Å². The Morgan fingerprint density at radius 3 is 2.56 bits per heavy atom. The maximum Gasteiger partial charge on any atom is 0.243 e. The Kier molecular flexibility index (Phi) is 7.16. The highest BCUT2D eigenvalue weighted by atomic mass is 79.9. The molecule has 5 rings (SSSR count). The van der Waals surface area contributed by atoms with Crippen LogP contribution in [-0.4, -0.2) is 41.7 Å². The molecule has 0 N–H and O–H groups in total. The number of hydrogen-bond donors (Lipinski definition) is 0. The van der Waals surface area contributed by atoms with Crippen LogP contribution in [0.4, 0.5) is 9.52 Å². The van der Waals surface area contributed by atoms with Crippen LogP contribution in [0.5, 0.6) is 0 Å². The Morgan fingerprint density at radius 2 is 1.86 bits per heavy atom. The largest absolute Gasteiger partial charge is 0.282 e. The third-order valence-electron chi connectivity index (χ3n) is 6.14. The molecule has 1 amide bonds. The first-order chi connectivity index (χ1) is 17.3. The third-order valence-corrected chi connectivity index (χ3v) is 9.58. The molecule has 0 aliphatic carbocycles. The highest BCUT2D eigenvalue weighted by Gasteiger charge is 2.35. The van der Waals surface area contributed by atoms with Crippen LogP contribution in [-0.2, 0) is 21.4 Å². The number of amides is 1. The Labute approximate surface area is 220 Å². The number of piperidine rings is 1. The molecule has 0 unspecified atom stereocenters. The van der Waals surface area contributed by atoms with Gasteiger partial charge in [0.05, 0.1) is 27.4 Å². The fourth-order valence-electron chi connectivity index (χ4n) is 4.21. The van der Waals surface area contributed by atoms with Crippen molar-refractivity contribution in [2.45, 2.75) is 24.3 Å². The van der Waals surface area contributed by atoms with Gasteiger partial charge in [-0.05, 0) is 67.4 Å². The van der Waals surface area contributed by atoms with Crippen LogP contribution in [0.15, 0.2) is 76.2 Å². The second kappa shape index (κ2) is 10.3. The number of carbonyl (C=O) groups excluding carboxylic acids is 1. The van der Waals surface area contributed by atoms with E-state index in [1.165, 1.54) is 27.8 Å². The molecule has 1 aliphatic rings. The molecule has 0 bridgehead atoms. The Hall–Kier alpha value is -2.73. The Morgan fingerprint density at radius 1 is 1.11 bits per heavy atom. The lowest BCUT2D eigenvalue weighted by molar-refractivity contribution is -0.123. The van der Waals surface area contributed by atoms with Crippen LogP contribution in [0.1, 0.15) is 18.5 Å². The Balaban J connectivity index is 1.37. The summed E-state index contributed by atoms with van der Waals surface area (Å²) in [7, 11) is -3.75. The van der Waals surface area contributed by atoms with E-state index >= 15 is 0 Å². The number of carbonyl (C=O) groups is 1. The molecule has 186 valence electrons. The predicted octanol–water partition coefficient (Wildman–Crippen LogP) is 5.23. The van der Waals surface area contributed by atoms with Crippen molar-refractivity contribution in [2.75, 3.05) is 18.0 Å². The predicted molar refractivity (Wildman–Crippen MR) is 141 cm³/mol. The molecule has 0 saturated carbocycles. The van der Waals surface area contributed by atoms with Crippen molar-refractivity contribution >= 4 is 58.5 Å². The van der Waals surface area contributed by atoms with E-state index in [0.717, 1.165) is 32.5 Å². The monoisotopic (exact) mass is 588 g/mol. The smallest absolute Gasteiger partial charge is 0.243 e. The first kappa shape index (κ1) is 24.9. The molecular formula is C25H22BrFN4O3S2. The summed E-state index contributed by atoms with van der Waals surface area (Å²) >= 11 is 4.92. The van der Waals surface area contributed by atoms with Crippen LogP contribution in [0, 0.1) is 11.7 Å². The molecule has 0 atom stereocenters. The molecule has 4 aromatic rings. The van der Waals surface area contributed by atoms with E-state index in [9.17, 15) is 17.6 Å². The normalized spacial score (nSPS) is 15.3. The van der Waals surface area contributed by atoms with Crippen LogP contribution in [0.25, 0.3) is 10.2 Å². The zero-order chi connectivity index (χ0) is 25.3. The van der Waals surface area contributed by atoms with Gasteiger partial charge in [-0.1, -0.05) is 33.3 Å². The number of anilines is 1. The standard InChI is InChI=1S/C25H22BrFN4O3S2/c26-18-4-9-22-23(15-18)35-25(29-22)31(16-20-3-1-2-12-28-20)24(32)17-10-13-30(14-11-17)36(33,34)21-7-5-19(27)6-8-21/h1-9,12,15,17H,10-11,13-14,16H2. The van der Waals surface area contributed by atoms with E-state index in [0.29, 0.717) is 18.0 Å². The summed E-state index contributed by atoms with van der Waals surface area (Å²) < 4.78 is 42.5. The molecule has 36 heavy (non-hydrogen) atoms. The highest BCUT2D eigenvalue weighted by molar-refractivity contribution is 9.10. The number of rotatable bonds is 6. The summed E-state index contributed by atoms with van der Waals surface area (Å²) in [5.41, 5.74) is 1.54. The fraction of sp³-hybridized carbons (Fsp3) is 0.240. The summed E-state index contributed by atoms with van der Waals surface area (Å²) in [6.45, 7) is 0.690. The molecule has 0 spiro atoms. The van der Waals surface area contributed by atoms with Gasteiger partial charge in [0, 0.05) is 29.7 Å². The highest BCUT2D eigenvalue weighted by Crippen LogP contribution is 2.34. The van der Waals surface area contributed by atoms with E-state index in [-0.39, 0.29) is 36.4 Å². The van der Waals surface area contributed by atoms with E-state index < -0.39 is 15.8 Å². The van der Waals surface area contributed by atoms with Gasteiger partial charge < -0.3 is 0 Å². The number of aromatic nitrogens is 2. The van der Waals surface area contributed by atoms with Crippen molar-refractivity contribution in [3.05, 3.63) is 82.8 Å². The molecular weight excluding hydrogens is 567 g/mol. The molecule has 1 aliphatic heterocycles. The second-order valence-corrected chi connectivity index (χ2v) is 12.3. The zero-order valence-corrected chi connectivity index (χ0v) is 22.3. The second-order valence-electron chi connectivity index (χ2n) is 8.49. The minimum Gasteiger partial charge on any atom is -0.282 e. The number of thiazole rings is 1. The van der Waals surface area contributed by atoms with E-state index in [2.05, 4.69) is 20.9 Å². The molecule has 3 heterocycles. The van der Waals surface area contributed by atoms with Crippen molar-refractivity contribution in [1.29, 1.82) is 0 Å². The third kappa shape index (κ3) is 5.19. The van der Waals surface area contributed by atoms with Gasteiger partial charge in [0.15, 0.2) is 5.13 Å². The summed E-state index contributed by atoms with van der Waals surface area (Å²) in [4.78, 5) is 24.6. The van der Waals surface area contributed by atoms with Crippen molar-refractivity contribution in [1.82, 2.24) is 14.3 Å². The molecule has 1 saturated heterocycles. The SMILES string of the molecule is O=C(C1CCN(S(=O)(=O)c2ccc(F)cc2)CC1)N(Cc1ccccn1)c1nc2ccc(Br)cc2s1. The lowest BCUT2D eigenvalue weighted by Crippen LogP contribution is -2.44. The van der Waals surface area contributed by atoms with Gasteiger partial charge in [0.1, 0.15) is 5.82 Å². The summed E-state index contributed by atoms with van der Waals surface area (Å²) in [6.07, 6.45) is 2.45. The molecule has 2 aromatic heterocycles. The molecule has 1 fully saturated rings. The quantitative estimate of drug-likeness (QED) is 0.308. The van der Waals surface area contributed by atoms with Gasteiger partial charge in [-0.25, -0.2) is 17.8 Å². The fourth-order valence-corrected chi connectivity index (χ4v) is 7.21. The average molecular weight is 590 g/mol. The van der Waals surface area contributed by atoms with Gasteiger partial charge in [-0.2, -0.15) is 4.31 Å². The average Bonchev–Trinajstić information content (AvgIpc) is 3.31. The van der Waals surface area contributed by atoms with Crippen LogP contribution in [0.3, 0.4) is 0 Å². The first-order valence-corrected chi connectivity index (χ1v) is 14.4. The van der Waals surface area contributed by atoms with Gasteiger partial charge >= 0.3 is 0 Å². The van der Waals surface area contributed by atoms with Crippen molar-refractivity contribution in [3.8, 4) is 0 Å². The first-order valence-electron chi connectivity index (χ1n) is 11.3. The van der Waals surface area contributed by atoms with Crippen LogP contribution >= 0.6 is 27.3 Å². The number of fused-ring (bicyclic) bond motifs is 1. The van der Waals surface area contributed by atoms with Gasteiger partial charge in [0.2, 0.25) is 15.9 Å². The maximum atomic E-state index is 13.8. The lowest BCUT2D eigenvalue weighted by Gasteiger charge is -2.33. The van der Waals surface area contributed by atoms with Gasteiger partial charge in [0.25, 0.3) is 0 Å². The minimum atomic E-state index is -3.75. The Bertz CT molecular complexity index is 1490. The lowest BCUT2D eigenvalue weighted by atomic mass is 9.96. The van der Waals surface area contributed by atoms with E-state index in [4.69, 9.17) is 4.98 Å². The molecule has 2 aromatic carbocycles. The van der Waals surface area contributed by atoms with Crippen molar-refractivity contribution in [2.24, 2.45) is 5.92 Å². The summed E-state index contributed by atoms with van der Waals surface area (Å²) in [5, 5.41) is 0.583. The molecule has 7 nitrogen and oxygen atoms in total. The zero-order valence-electron chi connectivity index (χ0n) is 19.0. The number of nitrogens with zero attached hydrogens (tertiary/aromatic N) is 4. The molecule has 0 radical (unpaired) electrons. The number of benzene rings is 2. The van der Waals surface area contributed by atoms with Gasteiger partial charge in [-0.3, -0.25) is 14.7 Å². The number of halogens is 2. The molecule has 11 heteroatoms. The maximum absolute atomic E-state index is 13.8. The van der Waals surface area contributed by atoms with Crippen molar-refractivity contribution < 1.29 is 17.6 Å². The van der Waals surface area contributed by atoms with Crippen molar-refractivity contribution in [3.63, 3.8) is 0 Å². The minimum absolute atomic E-state index is 0.0473. The van der Waals surface area contributed by atoms with Crippen LogP contribution in [0.2, 0.25) is 0 Å². The van der Waals surface area contributed by atoms with E-state index in [1.54, 1.807) is 11.1 Å². The summed E-state index contributed by atoms with van der Waals surface area (Å²) in [6, 6.07) is 16.1. The number of pyridine rings is 1.